The zero-order chi connectivity index (χ0) is 23.5. The summed E-state index contributed by atoms with van der Waals surface area (Å²) in [5, 5.41) is 0. The van der Waals surface area contributed by atoms with Gasteiger partial charge < -0.3 is 9.30 Å². The van der Waals surface area contributed by atoms with Crippen molar-refractivity contribution in [2.45, 2.75) is 6.92 Å². The third-order valence-corrected chi connectivity index (χ3v) is 6.11. The Bertz CT molecular complexity index is 1420. The zero-order valence-corrected chi connectivity index (χ0v) is 19.2. The first-order chi connectivity index (χ1) is 16.7. The van der Waals surface area contributed by atoms with Crippen LogP contribution in [0.5, 0.6) is 5.75 Å². The van der Waals surface area contributed by atoms with E-state index in [-0.39, 0.29) is 5.78 Å². The number of para-hydroxylation sites is 1. The maximum atomic E-state index is 14.1. The molecular formula is C31H25NO2. The lowest BCUT2D eigenvalue weighted by atomic mass is 9.92. The van der Waals surface area contributed by atoms with Crippen LogP contribution in [0.1, 0.15) is 21.6 Å². The van der Waals surface area contributed by atoms with Crippen LogP contribution in [0, 0.1) is 6.92 Å². The van der Waals surface area contributed by atoms with E-state index in [1.165, 1.54) is 0 Å². The molecule has 166 valence electrons. The minimum atomic E-state index is 0.00283. The van der Waals surface area contributed by atoms with Gasteiger partial charge in [0, 0.05) is 22.5 Å². The Morgan fingerprint density at radius 2 is 1.24 bits per heavy atom. The van der Waals surface area contributed by atoms with Gasteiger partial charge in [-0.15, -0.1) is 0 Å². The Kier molecular flexibility index (Phi) is 5.84. The lowest BCUT2D eigenvalue weighted by Gasteiger charge is -2.13. The molecule has 3 heteroatoms. The number of methoxy groups -OCH3 is 1. The number of hydrogen-bond acceptors (Lipinski definition) is 2. The number of rotatable bonds is 6. The van der Waals surface area contributed by atoms with E-state index in [4.69, 9.17) is 4.74 Å². The smallest absolute Gasteiger partial charge is 0.195 e. The molecule has 0 aliphatic carbocycles. The summed E-state index contributed by atoms with van der Waals surface area (Å²) in [6.07, 6.45) is 0. The van der Waals surface area contributed by atoms with Crippen molar-refractivity contribution in [2.75, 3.05) is 7.11 Å². The molecule has 0 bridgehead atoms. The maximum Gasteiger partial charge on any atom is 0.195 e. The summed E-state index contributed by atoms with van der Waals surface area (Å²) < 4.78 is 7.58. The van der Waals surface area contributed by atoms with E-state index in [9.17, 15) is 4.79 Å². The number of benzene rings is 4. The minimum absolute atomic E-state index is 0.00283. The van der Waals surface area contributed by atoms with Gasteiger partial charge in [-0.2, -0.15) is 0 Å². The first-order valence-corrected chi connectivity index (χ1v) is 11.3. The summed E-state index contributed by atoms with van der Waals surface area (Å²) in [6.45, 7) is 2.08. The average molecular weight is 444 g/mol. The molecule has 0 saturated carbocycles. The quantitative estimate of drug-likeness (QED) is 0.257. The SMILES string of the molecule is COc1ccc(-c2c(C(=O)c3ccccc3)c(-c3ccccc3)n(-c3ccccc3)c2C)cc1. The van der Waals surface area contributed by atoms with Gasteiger partial charge in [0.15, 0.2) is 5.78 Å². The molecule has 5 aromatic rings. The molecule has 0 unspecified atom stereocenters. The molecule has 0 fully saturated rings. The van der Waals surface area contributed by atoms with E-state index in [0.29, 0.717) is 11.1 Å². The summed E-state index contributed by atoms with van der Waals surface area (Å²) in [6, 6.07) is 37.8. The minimum Gasteiger partial charge on any atom is -0.497 e. The van der Waals surface area contributed by atoms with Crippen molar-refractivity contribution in [3.8, 4) is 33.8 Å². The fourth-order valence-corrected chi connectivity index (χ4v) is 4.53. The summed E-state index contributed by atoms with van der Waals surface area (Å²) in [4.78, 5) is 14.1. The number of ketones is 1. The molecule has 0 spiro atoms. The van der Waals surface area contributed by atoms with Crippen molar-refractivity contribution in [2.24, 2.45) is 0 Å². The van der Waals surface area contributed by atoms with Gasteiger partial charge in [0.05, 0.1) is 18.4 Å². The van der Waals surface area contributed by atoms with E-state index in [2.05, 4.69) is 35.8 Å². The number of hydrogen-bond donors (Lipinski definition) is 0. The first kappa shape index (κ1) is 21.5. The molecule has 0 atom stereocenters. The van der Waals surface area contributed by atoms with Crippen LogP contribution < -0.4 is 4.74 Å². The Morgan fingerprint density at radius 1 is 0.676 bits per heavy atom. The summed E-state index contributed by atoms with van der Waals surface area (Å²) >= 11 is 0. The number of ether oxygens (including phenoxy) is 1. The lowest BCUT2D eigenvalue weighted by molar-refractivity contribution is 0.104. The molecule has 0 aliphatic heterocycles. The van der Waals surface area contributed by atoms with Crippen molar-refractivity contribution in [3.05, 3.63) is 132 Å². The van der Waals surface area contributed by atoms with Crippen LogP contribution >= 0.6 is 0 Å². The number of carbonyl (C=O) groups excluding carboxylic acids is 1. The summed E-state index contributed by atoms with van der Waals surface area (Å²) in [7, 11) is 1.66. The molecule has 0 radical (unpaired) electrons. The van der Waals surface area contributed by atoms with Crippen molar-refractivity contribution >= 4 is 5.78 Å². The lowest BCUT2D eigenvalue weighted by Crippen LogP contribution is -2.05. The molecule has 5 rings (SSSR count). The predicted octanol–water partition coefficient (Wildman–Crippen LogP) is 7.36. The molecule has 3 nitrogen and oxygen atoms in total. The van der Waals surface area contributed by atoms with Crippen LogP contribution in [-0.4, -0.2) is 17.5 Å². The highest BCUT2D eigenvalue weighted by atomic mass is 16.5. The van der Waals surface area contributed by atoms with Crippen LogP contribution in [0.15, 0.2) is 115 Å². The number of aromatic nitrogens is 1. The van der Waals surface area contributed by atoms with Gasteiger partial charge in [0.2, 0.25) is 0 Å². The normalized spacial score (nSPS) is 10.8. The van der Waals surface area contributed by atoms with Gasteiger partial charge in [-0.1, -0.05) is 91.0 Å². The second-order valence-corrected chi connectivity index (χ2v) is 8.14. The topological polar surface area (TPSA) is 31.2 Å². The fraction of sp³-hybridized carbons (Fsp3) is 0.0645. The highest BCUT2D eigenvalue weighted by Gasteiger charge is 2.28. The average Bonchev–Trinajstić information content (AvgIpc) is 3.22. The number of carbonyl (C=O) groups is 1. The van der Waals surface area contributed by atoms with Crippen molar-refractivity contribution in [3.63, 3.8) is 0 Å². The van der Waals surface area contributed by atoms with Gasteiger partial charge in [-0.25, -0.2) is 0 Å². The molecule has 1 aromatic heterocycles. The molecule has 4 aromatic carbocycles. The molecule has 0 saturated heterocycles. The van der Waals surface area contributed by atoms with Gasteiger partial charge in [-0.3, -0.25) is 4.79 Å². The van der Waals surface area contributed by atoms with Gasteiger partial charge in [0.1, 0.15) is 5.75 Å². The van der Waals surface area contributed by atoms with E-state index in [1.54, 1.807) is 7.11 Å². The Balaban J connectivity index is 1.88. The van der Waals surface area contributed by atoms with Gasteiger partial charge >= 0.3 is 0 Å². The Morgan fingerprint density at radius 3 is 1.82 bits per heavy atom. The van der Waals surface area contributed by atoms with E-state index < -0.39 is 0 Å². The van der Waals surface area contributed by atoms with Crippen LogP contribution in [0.2, 0.25) is 0 Å². The summed E-state index contributed by atoms with van der Waals surface area (Å²) in [5.74, 6) is 0.783. The highest BCUT2D eigenvalue weighted by molar-refractivity contribution is 6.17. The number of nitrogens with zero attached hydrogens (tertiary/aromatic N) is 1. The molecule has 34 heavy (non-hydrogen) atoms. The third kappa shape index (κ3) is 3.82. The van der Waals surface area contributed by atoms with Crippen LogP contribution in [0.25, 0.3) is 28.1 Å². The van der Waals surface area contributed by atoms with Crippen LogP contribution in [0.4, 0.5) is 0 Å². The van der Waals surface area contributed by atoms with Crippen LogP contribution in [0.3, 0.4) is 0 Å². The largest absolute Gasteiger partial charge is 0.497 e. The maximum absolute atomic E-state index is 14.1. The van der Waals surface area contributed by atoms with Crippen molar-refractivity contribution in [1.82, 2.24) is 4.57 Å². The van der Waals surface area contributed by atoms with E-state index >= 15 is 0 Å². The molecular weight excluding hydrogens is 418 g/mol. The fourth-order valence-electron chi connectivity index (χ4n) is 4.53. The van der Waals surface area contributed by atoms with Crippen molar-refractivity contribution < 1.29 is 9.53 Å². The standard InChI is InChI=1S/C31H25NO2/c1-22-28(23-18-20-27(34-2)21-19-23)29(31(33)25-14-8-4-9-15-25)30(24-12-6-3-7-13-24)32(22)26-16-10-5-11-17-26/h3-21H,1-2H3. The first-order valence-electron chi connectivity index (χ1n) is 11.3. The Labute approximate surface area is 199 Å². The van der Waals surface area contributed by atoms with E-state index in [1.807, 2.05) is 91.0 Å². The van der Waals surface area contributed by atoms with E-state index in [0.717, 1.165) is 39.5 Å². The molecule has 1 heterocycles. The van der Waals surface area contributed by atoms with Crippen molar-refractivity contribution in [1.29, 1.82) is 0 Å². The predicted molar refractivity (Wildman–Crippen MR) is 138 cm³/mol. The van der Waals surface area contributed by atoms with Crippen LogP contribution in [-0.2, 0) is 0 Å². The summed E-state index contributed by atoms with van der Waals surface area (Å²) in [5.41, 5.74) is 7.18. The van der Waals surface area contributed by atoms with Gasteiger partial charge in [0.25, 0.3) is 0 Å². The monoisotopic (exact) mass is 443 g/mol. The molecule has 0 aliphatic rings. The molecule has 0 N–H and O–H groups in total. The second kappa shape index (κ2) is 9.24. The highest BCUT2D eigenvalue weighted by Crippen LogP contribution is 2.41. The van der Waals surface area contributed by atoms with Gasteiger partial charge in [-0.05, 0) is 42.3 Å². The zero-order valence-electron chi connectivity index (χ0n) is 19.2. The Hall–Kier alpha value is -4.37. The third-order valence-electron chi connectivity index (χ3n) is 6.11. The second-order valence-electron chi connectivity index (χ2n) is 8.14. The molecule has 0 amide bonds.